The Morgan fingerprint density at radius 2 is 2.12 bits per heavy atom. The van der Waals surface area contributed by atoms with Gasteiger partial charge in [0.2, 0.25) is 0 Å². The molecule has 2 aromatic rings. The van der Waals surface area contributed by atoms with Crippen molar-refractivity contribution in [3.05, 3.63) is 46.7 Å². The van der Waals surface area contributed by atoms with E-state index in [-0.39, 0.29) is 5.82 Å². The van der Waals surface area contributed by atoms with Crippen LogP contribution in [0.15, 0.2) is 35.2 Å². The van der Waals surface area contributed by atoms with Crippen molar-refractivity contribution in [2.24, 2.45) is 5.73 Å². The molecule has 0 unspecified atom stereocenters. The number of halogens is 2. The molecule has 0 aliphatic rings. The highest BCUT2D eigenvalue weighted by molar-refractivity contribution is 9.10. The van der Waals surface area contributed by atoms with E-state index in [1.54, 1.807) is 24.7 Å². The summed E-state index contributed by atoms with van der Waals surface area (Å²) in [5, 5.41) is 0. The maximum Gasteiger partial charge on any atom is 0.137 e. The van der Waals surface area contributed by atoms with Crippen molar-refractivity contribution in [3.8, 4) is 5.69 Å². The van der Waals surface area contributed by atoms with Crippen molar-refractivity contribution < 1.29 is 4.39 Å². The van der Waals surface area contributed by atoms with Crippen molar-refractivity contribution in [2.75, 3.05) is 0 Å². The van der Waals surface area contributed by atoms with E-state index in [9.17, 15) is 4.39 Å². The van der Waals surface area contributed by atoms with Gasteiger partial charge in [-0.3, -0.25) is 0 Å². The molecule has 0 aliphatic carbocycles. The third-order valence-corrected chi connectivity index (χ3v) is 3.09. The molecule has 5 heteroatoms. The maximum atomic E-state index is 13.2. The summed E-state index contributed by atoms with van der Waals surface area (Å²) >= 11 is 3.17. The summed E-state index contributed by atoms with van der Waals surface area (Å²) in [5.74, 6) is -0.289. The third-order valence-electron chi connectivity index (χ3n) is 2.48. The molecule has 2 N–H and O–H groups in total. The first-order valence-electron chi connectivity index (χ1n) is 5.17. The van der Waals surface area contributed by atoms with Crippen LogP contribution in [-0.2, 0) is 5.54 Å². The molecule has 0 fully saturated rings. The summed E-state index contributed by atoms with van der Waals surface area (Å²) in [5.41, 5.74) is 7.25. The van der Waals surface area contributed by atoms with E-state index < -0.39 is 5.54 Å². The van der Waals surface area contributed by atoms with Crippen LogP contribution >= 0.6 is 15.9 Å². The second-order valence-corrected chi connectivity index (χ2v) is 5.32. The van der Waals surface area contributed by atoms with E-state index in [4.69, 9.17) is 5.73 Å². The van der Waals surface area contributed by atoms with Gasteiger partial charge in [-0.25, -0.2) is 9.37 Å². The van der Waals surface area contributed by atoms with E-state index in [2.05, 4.69) is 20.9 Å². The molecule has 0 atom stereocenters. The molecule has 0 bridgehead atoms. The molecule has 1 aromatic carbocycles. The van der Waals surface area contributed by atoms with Crippen LogP contribution in [0, 0.1) is 5.82 Å². The van der Waals surface area contributed by atoms with Crippen LogP contribution in [0.4, 0.5) is 4.39 Å². The molecule has 0 saturated heterocycles. The molecule has 17 heavy (non-hydrogen) atoms. The fourth-order valence-electron chi connectivity index (χ4n) is 1.61. The van der Waals surface area contributed by atoms with E-state index in [1.165, 1.54) is 6.07 Å². The monoisotopic (exact) mass is 297 g/mol. The van der Waals surface area contributed by atoms with Gasteiger partial charge in [0, 0.05) is 5.69 Å². The second kappa shape index (κ2) is 4.23. The van der Waals surface area contributed by atoms with Gasteiger partial charge in [0.1, 0.15) is 5.82 Å². The Morgan fingerprint density at radius 3 is 2.71 bits per heavy atom. The van der Waals surface area contributed by atoms with Crippen molar-refractivity contribution in [1.82, 2.24) is 9.55 Å². The zero-order valence-electron chi connectivity index (χ0n) is 9.61. The molecule has 0 aliphatic heterocycles. The van der Waals surface area contributed by atoms with Gasteiger partial charge in [0.15, 0.2) is 0 Å². The van der Waals surface area contributed by atoms with Gasteiger partial charge in [0.05, 0.1) is 28.2 Å². The summed E-state index contributed by atoms with van der Waals surface area (Å²) < 4.78 is 15.5. The number of hydrogen-bond donors (Lipinski definition) is 1. The van der Waals surface area contributed by atoms with Crippen LogP contribution in [0.2, 0.25) is 0 Å². The summed E-state index contributed by atoms with van der Waals surface area (Å²) in [7, 11) is 0. The van der Waals surface area contributed by atoms with E-state index in [0.29, 0.717) is 4.47 Å². The highest BCUT2D eigenvalue weighted by Gasteiger charge is 2.19. The van der Waals surface area contributed by atoms with Crippen LogP contribution in [0.25, 0.3) is 5.69 Å². The van der Waals surface area contributed by atoms with Crippen molar-refractivity contribution in [1.29, 1.82) is 0 Å². The Bertz CT molecular complexity index is 543. The van der Waals surface area contributed by atoms with Crippen molar-refractivity contribution >= 4 is 15.9 Å². The molecule has 0 spiro atoms. The molecule has 1 aromatic heterocycles. The number of nitrogens with two attached hydrogens (primary N) is 1. The summed E-state index contributed by atoms with van der Waals surface area (Å²) in [4.78, 5) is 4.09. The zero-order valence-corrected chi connectivity index (χ0v) is 11.2. The molecule has 0 radical (unpaired) electrons. The number of rotatable bonds is 2. The minimum absolute atomic E-state index is 0.289. The standard InChI is InChI=1S/C12H13BrFN3/c1-12(2,15)11-6-16-7-17(11)8-3-4-10(14)9(13)5-8/h3-7H,15H2,1-2H3. The Balaban J connectivity index is 2.54. The molecule has 3 nitrogen and oxygen atoms in total. The highest BCUT2D eigenvalue weighted by atomic mass is 79.9. The van der Waals surface area contributed by atoms with E-state index >= 15 is 0 Å². The average Bonchev–Trinajstić information content (AvgIpc) is 2.70. The lowest BCUT2D eigenvalue weighted by molar-refractivity contribution is 0.524. The molecule has 90 valence electrons. The predicted molar refractivity (Wildman–Crippen MR) is 68.4 cm³/mol. The molecular weight excluding hydrogens is 285 g/mol. The van der Waals surface area contributed by atoms with Crippen LogP contribution in [0.3, 0.4) is 0 Å². The SMILES string of the molecule is CC(C)(N)c1cncn1-c1ccc(F)c(Br)c1. The number of hydrogen-bond acceptors (Lipinski definition) is 2. The quantitative estimate of drug-likeness (QED) is 0.926. The summed E-state index contributed by atoms with van der Waals surface area (Å²) in [6.07, 6.45) is 3.39. The van der Waals surface area contributed by atoms with Gasteiger partial charge >= 0.3 is 0 Å². The largest absolute Gasteiger partial charge is 0.321 e. The first-order valence-corrected chi connectivity index (χ1v) is 5.96. The van der Waals surface area contributed by atoms with Crippen molar-refractivity contribution in [3.63, 3.8) is 0 Å². The van der Waals surface area contributed by atoms with Gasteiger partial charge < -0.3 is 10.3 Å². The van der Waals surface area contributed by atoms with Crippen LogP contribution in [0.5, 0.6) is 0 Å². The van der Waals surface area contributed by atoms with Crippen LogP contribution in [-0.4, -0.2) is 9.55 Å². The molecule has 1 heterocycles. The number of nitrogens with zero attached hydrogens (tertiary/aromatic N) is 2. The molecule has 0 amide bonds. The number of imidazole rings is 1. The topological polar surface area (TPSA) is 43.8 Å². The van der Waals surface area contributed by atoms with Gasteiger partial charge in [-0.1, -0.05) is 0 Å². The highest BCUT2D eigenvalue weighted by Crippen LogP contribution is 2.24. The zero-order chi connectivity index (χ0) is 12.6. The summed E-state index contributed by atoms with van der Waals surface area (Å²) in [6.45, 7) is 3.80. The van der Waals surface area contributed by atoms with Gasteiger partial charge in [-0.2, -0.15) is 0 Å². The molecule has 2 rings (SSSR count). The first-order chi connectivity index (χ1) is 7.89. The first kappa shape index (κ1) is 12.3. The van der Waals surface area contributed by atoms with Gasteiger partial charge in [0.25, 0.3) is 0 Å². The number of aromatic nitrogens is 2. The van der Waals surface area contributed by atoms with Gasteiger partial charge in [-0.05, 0) is 48.0 Å². The summed E-state index contributed by atoms with van der Waals surface area (Å²) in [6, 6.07) is 4.80. The predicted octanol–water partition coefficient (Wildman–Crippen LogP) is 2.97. The lowest BCUT2D eigenvalue weighted by Gasteiger charge is -2.20. The van der Waals surface area contributed by atoms with E-state index in [0.717, 1.165) is 11.4 Å². The van der Waals surface area contributed by atoms with Crippen LogP contribution < -0.4 is 5.73 Å². The van der Waals surface area contributed by atoms with Crippen LogP contribution in [0.1, 0.15) is 19.5 Å². The lowest BCUT2D eigenvalue weighted by atomic mass is 10.0. The lowest BCUT2D eigenvalue weighted by Crippen LogP contribution is -2.31. The molecule has 0 saturated carbocycles. The maximum absolute atomic E-state index is 13.2. The number of benzene rings is 1. The minimum Gasteiger partial charge on any atom is -0.321 e. The Hall–Kier alpha value is -1.20. The fourth-order valence-corrected chi connectivity index (χ4v) is 1.98. The van der Waals surface area contributed by atoms with Gasteiger partial charge in [-0.15, -0.1) is 0 Å². The Morgan fingerprint density at radius 1 is 1.41 bits per heavy atom. The third kappa shape index (κ3) is 2.40. The smallest absolute Gasteiger partial charge is 0.137 e. The van der Waals surface area contributed by atoms with E-state index in [1.807, 2.05) is 18.4 Å². The minimum atomic E-state index is -0.503. The Kier molecular flexibility index (Phi) is 3.05. The molecular formula is C12H13BrFN3. The Labute approximate surface area is 108 Å². The normalized spacial score (nSPS) is 11.8. The second-order valence-electron chi connectivity index (χ2n) is 4.47. The fraction of sp³-hybridized carbons (Fsp3) is 0.250. The van der Waals surface area contributed by atoms with Crippen molar-refractivity contribution in [2.45, 2.75) is 19.4 Å². The average molecular weight is 298 g/mol.